The quantitative estimate of drug-likeness (QED) is 0.617. The predicted octanol–water partition coefficient (Wildman–Crippen LogP) is 0.640. The average Bonchev–Trinajstić information content (AvgIpc) is 2.00. The van der Waals surface area contributed by atoms with Gasteiger partial charge in [-0.05, 0) is 13.3 Å². The summed E-state index contributed by atoms with van der Waals surface area (Å²) in [4.78, 5) is 11.0. The maximum Gasteiger partial charge on any atom is 0.220 e. The van der Waals surface area contributed by atoms with E-state index in [9.17, 15) is 4.79 Å². The van der Waals surface area contributed by atoms with E-state index in [4.69, 9.17) is 5.73 Å². The Labute approximate surface area is 68.3 Å². The lowest BCUT2D eigenvalue weighted by Gasteiger charge is -2.10. The highest BCUT2D eigenvalue weighted by molar-refractivity contribution is 5.76. The van der Waals surface area contributed by atoms with E-state index in [1.54, 1.807) is 0 Å². The van der Waals surface area contributed by atoms with Crippen molar-refractivity contribution in [2.24, 2.45) is 5.73 Å². The monoisotopic (exact) mass is 158 g/mol. The SMILES string of the molecule is CCCCC(=O)N[C@H](C)CN. The van der Waals surface area contributed by atoms with Gasteiger partial charge in [-0.1, -0.05) is 13.3 Å². The molecule has 0 aromatic rings. The summed E-state index contributed by atoms with van der Waals surface area (Å²) < 4.78 is 0. The molecule has 3 heteroatoms. The van der Waals surface area contributed by atoms with E-state index in [1.807, 2.05) is 6.92 Å². The minimum absolute atomic E-state index is 0.111. The third kappa shape index (κ3) is 5.85. The van der Waals surface area contributed by atoms with Crippen LogP contribution in [0.4, 0.5) is 0 Å². The minimum Gasteiger partial charge on any atom is -0.352 e. The van der Waals surface area contributed by atoms with E-state index in [2.05, 4.69) is 12.2 Å². The van der Waals surface area contributed by atoms with Gasteiger partial charge in [0.15, 0.2) is 0 Å². The van der Waals surface area contributed by atoms with E-state index in [0.717, 1.165) is 12.8 Å². The van der Waals surface area contributed by atoms with Gasteiger partial charge in [0.05, 0.1) is 0 Å². The van der Waals surface area contributed by atoms with Crippen LogP contribution in [0, 0.1) is 0 Å². The van der Waals surface area contributed by atoms with E-state index >= 15 is 0 Å². The Morgan fingerprint density at radius 3 is 2.73 bits per heavy atom. The summed E-state index contributed by atoms with van der Waals surface area (Å²) in [5.41, 5.74) is 5.33. The smallest absolute Gasteiger partial charge is 0.220 e. The van der Waals surface area contributed by atoms with Crippen LogP contribution in [0.3, 0.4) is 0 Å². The first kappa shape index (κ1) is 10.4. The lowest BCUT2D eigenvalue weighted by molar-refractivity contribution is -0.121. The minimum atomic E-state index is 0.111. The van der Waals surface area contributed by atoms with Crippen LogP contribution in [0.15, 0.2) is 0 Å². The number of hydrogen-bond donors (Lipinski definition) is 2. The molecule has 0 aliphatic carbocycles. The van der Waals surface area contributed by atoms with Crippen molar-refractivity contribution < 1.29 is 4.79 Å². The number of carbonyl (C=O) groups excluding carboxylic acids is 1. The van der Waals surface area contributed by atoms with E-state index in [0.29, 0.717) is 13.0 Å². The van der Waals surface area contributed by atoms with Gasteiger partial charge in [0.1, 0.15) is 0 Å². The second-order valence-electron chi connectivity index (χ2n) is 2.81. The van der Waals surface area contributed by atoms with Crippen molar-refractivity contribution in [3.05, 3.63) is 0 Å². The third-order valence-corrected chi connectivity index (χ3v) is 1.52. The van der Waals surface area contributed by atoms with Crippen LogP contribution in [0.5, 0.6) is 0 Å². The molecule has 0 heterocycles. The maximum atomic E-state index is 11.0. The standard InChI is InChI=1S/C8H18N2O/c1-3-4-5-8(11)10-7(2)6-9/h7H,3-6,9H2,1-2H3,(H,10,11)/t7-/m1/s1. The van der Waals surface area contributed by atoms with Crippen molar-refractivity contribution in [1.82, 2.24) is 5.32 Å². The molecule has 0 aliphatic heterocycles. The topological polar surface area (TPSA) is 55.1 Å². The van der Waals surface area contributed by atoms with Gasteiger partial charge in [0, 0.05) is 19.0 Å². The fourth-order valence-corrected chi connectivity index (χ4v) is 0.743. The summed E-state index contributed by atoms with van der Waals surface area (Å²) >= 11 is 0. The van der Waals surface area contributed by atoms with Gasteiger partial charge < -0.3 is 11.1 Å². The van der Waals surface area contributed by atoms with Crippen molar-refractivity contribution >= 4 is 5.91 Å². The van der Waals surface area contributed by atoms with Crippen LogP contribution in [0.25, 0.3) is 0 Å². The molecule has 0 aromatic heterocycles. The molecule has 0 bridgehead atoms. The van der Waals surface area contributed by atoms with Gasteiger partial charge in [-0.2, -0.15) is 0 Å². The summed E-state index contributed by atoms with van der Waals surface area (Å²) in [5, 5.41) is 2.80. The number of amides is 1. The first-order valence-corrected chi connectivity index (χ1v) is 4.20. The zero-order valence-electron chi connectivity index (χ0n) is 7.39. The molecule has 66 valence electrons. The number of rotatable bonds is 5. The van der Waals surface area contributed by atoms with Crippen molar-refractivity contribution in [1.29, 1.82) is 0 Å². The molecule has 0 saturated carbocycles. The lowest BCUT2D eigenvalue weighted by atomic mass is 10.2. The molecule has 1 atom stereocenters. The van der Waals surface area contributed by atoms with Gasteiger partial charge in [0.2, 0.25) is 5.91 Å². The normalized spacial score (nSPS) is 12.6. The third-order valence-electron chi connectivity index (χ3n) is 1.52. The first-order valence-electron chi connectivity index (χ1n) is 4.20. The Morgan fingerprint density at radius 2 is 2.27 bits per heavy atom. The molecule has 3 nitrogen and oxygen atoms in total. The predicted molar refractivity (Wildman–Crippen MR) is 46.2 cm³/mol. The molecule has 1 amide bonds. The zero-order chi connectivity index (χ0) is 8.69. The molecule has 0 fully saturated rings. The first-order chi connectivity index (χ1) is 5.20. The highest BCUT2D eigenvalue weighted by atomic mass is 16.1. The van der Waals surface area contributed by atoms with Gasteiger partial charge in [-0.25, -0.2) is 0 Å². The largest absolute Gasteiger partial charge is 0.352 e. The fraction of sp³-hybridized carbons (Fsp3) is 0.875. The Balaban J connectivity index is 3.36. The van der Waals surface area contributed by atoms with Crippen molar-refractivity contribution in [2.45, 2.75) is 39.2 Å². The number of unbranched alkanes of at least 4 members (excludes halogenated alkanes) is 1. The van der Waals surface area contributed by atoms with Gasteiger partial charge in [0.25, 0.3) is 0 Å². The van der Waals surface area contributed by atoms with Crippen molar-refractivity contribution in [3.63, 3.8) is 0 Å². The van der Waals surface area contributed by atoms with Crippen molar-refractivity contribution in [2.75, 3.05) is 6.54 Å². The van der Waals surface area contributed by atoms with Crippen LogP contribution in [-0.2, 0) is 4.79 Å². The molecule has 0 spiro atoms. The summed E-state index contributed by atoms with van der Waals surface area (Å²) in [6.07, 6.45) is 2.65. The fourth-order valence-electron chi connectivity index (χ4n) is 0.743. The summed E-state index contributed by atoms with van der Waals surface area (Å²) in [7, 11) is 0. The molecule has 0 unspecified atom stereocenters. The maximum absolute atomic E-state index is 11.0. The molecule has 0 aromatic carbocycles. The molecule has 0 saturated heterocycles. The van der Waals surface area contributed by atoms with Gasteiger partial charge in [-0.3, -0.25) is 4.79 Å². The summed E-state index contributed by atoms with van der Waals surface area (Å²) in [5.74, 6) is 0.116. The Morgan fingerprint density at radius 1 is 1.64 bits per heavy atom. The zero-order valence-corrected chi connectivity index (χ0v) is 7.39. The number of nitrogens with one attached hydrogen (secondary N) is 1. The Bertz CT molecular complexity index is 115. The van der Waals surface area contributed by atoms with Crippen LogP contribution < -0.4 is 11.1 Å². The van der Waals surface area contributed by atoms with Gasteiger partial charge >= 0.3 is 0 Å². The molecule has 0 rings (SSSR count). The van der Waals surface area contributed by atoms with Gasteiger partial charge in [-0.15, -0.1) is 0 Å². The second-order valence-corrected chi connectivity index (χ2v) is 2.81. The Kier molecular flexibility index (Phi) is 5.84. The average molecular weight is 158 g/mol. The summed E-state index contributed by atoms with van der Waals surface area (Å²) in [6, 6.07) is 0.111. The van der Waals surface area contributed by atoms with Crippen LogP contribution in [0.1, 0.15) is 33.1 Å². The number of hydrogen-bond acceptors (Lipinski definition) is 2. The molecular formula is C8H18N2O. The molecule has 11 heavy (non-hydrogen) atoms. The lowest BCUT2D eigenvalue weighted by Crippen LogP contribution is -2.37. The van der Waals surface area contributed by atoms with E-state index < -0.39 is 0 Å². The van der Waals surface area contributed by atoms with Crippen LogP contribution in [0.2, 0.25) is 0 Å². The molecule has 3 N–H and O–H groups in total. The molecule has 0 radical (unpaired) electrons. The Hall–Kier alpha value is -0.570. The molecular weight excluding hydrogens is 140 g/mol. The number of carbonyl (C=O) groups is 1. The summed E-state index contributed by atoms with van der Waals surface area (Å²) in [6.45, 7) is 4.49. The second kappa shape index (κ2) is 6.16. The highest BCUT2D eigenvalue weighted by Crippen LogP contribution is 1.93. The molecule has 0 aliphatic rings. The van der Waals surface area contributed by atoms with E-state index in [1.165, 1.54) is 0 Å². The number of nitrogens with two attached hydrogens (primary N) is 1. The van der Waals surface area contributed by atoms with Crippen LogP contribution >= 0.6 is 0 Å². The van der Waals surface area contributed by atoms with Crippen molar-refractivity contribution in [3.8, 4) is 0 Å². The van der Waals surface area contributed by atoms with E-state index in [-0.39, 0.29) is 11.9 Å². The highest BCUT2D eigenvalue weighted by Gasteiger charge is 2.03. The van der Waals surface area contributed by atoms with Crippen LogP contribution in [-0.4, -0.2) is 18.5 Å².